The third-order valence-corrected chi connectivity index (χ3v) is 4.16. The SMILES string of the molecule is COc1cc(OC)c(C(=O)OCc2cn3ccccc3c2C#N)cc1OC. The molecule has 2 heterocycles. The molecule has 138 valence electrons. The van der Waals surface area contributed by atoms with Crippen molar-refractivity contribution in [3.05, 3.63) is 59.4 Å². The number of carbonyl (C=O) groups excluding carboxylic acids is 1. The molecule has 0 bridgehead atoms. The number of hydrogen-bond acceptors (Lipinski definition) is 6. The van der Waals surface area contributed by atoms with Crippen molar-refractivity contribution in [2.75, 3.05) is 21.3 Å². The quantitative estimate of drug-likeness (QED) is 0.623. The van der Waals surface area contributed by atoms with E-state index in [0.29, 0.717) is 28.4 Å². The zero-order chi connectivity index (χ0) is 19.4. The first-order valence-electron chi connectivity index (χ1n) is 8.08. The van der Waals surface area contributed by atoms with Gasteiger partial charge in [-0.25, -0.2) is 4.79 Å². The molecule has 2 aromatic heterocycles. The molecule has 0 aliphatic heterocycles. The van der Waals surface area contributed by atoms with Crippen molar-refractivity contribution < 1.29 is 23.7 Å². The Hall–Kier alpha value is -3.66. The molecule has 1 aromatic carbocycles. The van der Waals surface area contributed by atoms with Crippen LogP contribution in [0.1, 0.15) is 21.5 Å². The molecule has 0 saturated heterocycles. The first-order chi connectivity index (χ1) is 13.1. The van der Waals surface area contributed by atoms with Gasteiger partial charge >= 0.3 is 5.97 Å². The molecular weight excluding hydrogens is 348 g/mol. The van der Waals surface area contributed by atoms with Gasteiger partial charge in [0.05, 0.1) is 32.4 Å². The van der Waals surface area contributed by atoms with E-state index in [-0.39, 0.29) is 12.2 Å². The molecule has 3 aromatic rings. The van der Waals surface area contributed by atoms with Crippen molar-refractivity contribution in [2.24, 2.45) is 0 Å². The predicted octanol–water partition coefficient (Wildman–Crippen LogP) is 3.19. The first-order valence-corrected chi connectivity index (χ1v) is 8.08. The number of nitrogens with zero attached hydrogens (tertiary/aromatic N) is 2. The number of nitriles is 1. The minimum absolute atomic E-state index is 0.0408. The summed E-state index contributed by atoms with van der Waals surface area (Å²) in [6.45, 7) is -0.0408. The van der Waals surface area contributed by atoms with Crippen LogP contribution in [0.15, 0.2) is 42.7 Å². The zero-order valence-electron chi connectivity index (χ0n) is 15.2. The van der Waals surface area contributed by atoms with Gasteiger partial charge in [0.1, 0.15) is 24.0 Å². The lowest BCUT2D eigenvalue weighted by molar-refractivity contribution is 0.0468. The average molecular weight is 366 g/mol. The monoisotopic (exact) mass is 366 g/mol. The summed E-state index contributed by atoms with van der Waals surface area (Å²) in [6, 6.07) is 10.8. The van der Waals surface area contributed by atoms with Gasteiger partial charge in [-0.05, 0) is 12.1 Å². The van der Waals surface area contributed by atoms with Crippen LogP contribution >= 0.6 is 0 Å². The van der Waals surface area contributed by atoms with Crippen LogP contribution < -0.4 is 14.2 Å². The largest absolute Gasteiger partial charge is 0.496 e. The van der Waals surface area contributed by atoms with E-state index >= 15 is 0 Å². The maximum Gasteiger partial charge on any atom is 0.342 e. The number of ether oxygens (including phenoxy) is 4. The maximum absolute atomic E-state index is 12.6. The van der Waals surface area contributed by atoms with Crippen LogP contribution in [0.4, 0.5) is 0 Å². The van der Waals surface area contributed by atoms with E-state index in [4.69, 9.17) is 18.9 Å². The van der Waals surface area contributed by atoms with Gasteiger partial charge in [0, 0.05) is 30.1 Å². The molecule has 0 N–H and O–H groups in total. The smallest absolute Gasteiger partial charge is 0.342 e. The third kappa shape index (κ3) is 3.37. The Morgan fingerprint density at radius 3 is 2.44 bits per heavy atom. The normalized spacial score (nSPS) is 10.3. The summed E-state index contributed by atoms with van der Waals surface area (Å²) in [7, 11) is 4.42. The van der Waals surface area contributed by atoms with E-state index in [1.165, 1.54) is 27.4 Å². The van der Waals surface area contributed by atoms with Crippen LogP contribution in [0, 0.1) is 11.3 Å². The van der Waals surface area contributed by atoms with E-state index in [1.54, 1.807) is 12.3 Å². The molecule has 0 amide bonds. The summed E-state index contributed by atoms with van der Waals surface area (Å²) in [5.74, 6) is 0.543. The second-order valence-electron chi connectivity index (χ2n) is 5.62. The average Bonchev–Trinajstić information content (AvgIpc) is 3.08. The summed E-state index contributed by atoms with van der Waals surface area (Å²) in [5, 5.41) is 9.44. The van der Waals surface area contributed by atoms with Gasteiger partial charge < -0.3 is 23.3 Å². The van der Waals surface area contributed by atoms with Crippen LogP contribution in [0.2, 0.25) is 0 Å². The molecule has 0 aliphatic rings. The topological polar surface area (TPSA) is 82.2 Å². The Labute approximate surface area is 156 Å². The Balaban J connectivity index is 1.87. The molecule has 0 spiro atoms. The number of esters is 1. The van der Waals surface area contributed by atoms with Crippen LogP contribution in [0.3, 0.4) is 0 Å². The Bertz CT molecular complexity index is 1030. The number of aromatic nitrogens is 1. The number of carbonyl (C=O) groups is 1. The van der Waals surface area contributed by atoms with Crippen molar-refractivity contribution in [3.8, 4) is 23.3 Å². The lowest BCUT2D eigenvalue weighted by Crippen LogP contribution is -2.08. The number of rotatable bonds is 6. The van der Waals surface area contributed by atoms with Crippen molar-refractivity contribution in [2.45, 2.75) is 6.61 Å². The summed E-state index contributed by atoms with van der Waals surface area (Å²) in [5.41, 5.74) is 2.06. The summed E-state index contributed by atoms with van der Waals surface area (Å²) < 4.78 is 22.9. The Morgan fingerprint density at radius 2 is 1.78 bits per heavy atom. The number of pyridine rings is 1. The van der Waals surface area contributed by atoms with Gasteiger partial charge in [-0.1, -0.05) is 6.07 Å². The fraction of sp³-hybridized carbons (Fsp3) is 0.200. The molecule has 0 aliphatic carbocycles. The van der Waals surface area contributed by atoms with Crippen LogP contribution in [0.5, 0.6) is 17.2 Å². The van der Waals surface area contributed by atoms with Gasteiger partial charge in [-0.15, -0.1) is 0 Å². The second-order valence-corrected chi connectivity index (χ2v) is 5.62. The Morgan fingerprint density at radius 1 is 1.07 bits per heavy atom. The fourth-order valence-corrected chi connectivity index (χ4v) is 2.83. The van der Waals surface area contributed by atoms with Crippen molar-refractivity contribution in [3.63, 3.8) is 0 Å². The molecule has 0 atom stereocenters. The predicted molar refractivity (Wildman–Crippen MR) is 97.3 cm³/mol. The van der Waals surface area contributed by atoms with Crippen LogP contribution in [0.25, 0.3) is 5.52 Å². The van der Waals surface area contributed by atoms with Gasteiger partial charge in [0.2, 0.25) is 0 Å². The van der Waals surface area contributed by atoms with Gasteiger partial charge in [-0.2, -0.15) is 5.26 Å². The number of methoxy groups -OCH3 is 3. The van der Waals surface area contributed by atoms with E-state index in [1.807, 2.05) is 28.8 Å². The zero-order valence-corrected chi connectivity index (χ0v) is 15.2. The molecule has 7 nitrogen and oxygen atoms in total. The van der Waals surface area contributed by atoms with E-state index in [9.17, 15) is 10.1 Å². The molecule has 0 unspecified atom stereocenters. The van der Waals surface area contributed by atoms with Crippen molar-refractivity contribution >= 4 is 11.5 Å². The van der Waals surface area contributed by atoms with Crippen LogP contribution in [-0.2, 0) is 11.3 Å². The van der Waals surface area contributed by atoms with Crippen LogP contribution in [-0.4, -0.2) is 31.7 Å². The number of fused-ring (bicyclic) bond motifs is 1. The first kappa shape index (κ1) is 18.1. The summed E-state index contributed by atoms with van der Waals surface area (Å²) in [6.07, 6.45) is 3.60. The highest BCUT2D eigenvalue weighted by atomic mass is 16.5. The third-order valence-electron chi connectivity index (χ3n) is 4.16. The molecule has 3 rings (SSSR count). The summed E-state index contributed by atoms with van der Waals surface area (Å²) >= 11 is 0. The number of hydrogen-bond donors (Lipinski definition) is 0. The molecule has 0 radical (unpaired) electrons. The van der Waals surface area contributed by atoms with Crippen molar-refractivity contribution in [1.82, 2.24) is 4.40 Å². The lowest BCUT2D eigenvalue weighted by atomic mass is 10.1. The summed E-state index contributed by atoms with van der Waals surface area (Å²) in [4.78, 5) is 12.6. The van der Waals surface area contributed by atoms with Gasteiger partial charge in [-0.3, -0.25) is 0 Å². The highest BCUT2D eigenvalue weighted by Crippen LogP contribution is 2.35. The minimum Gasteiger partial charge on any atom is -0.496 e. The van der Waals surface area contributed by atoms with Crippen molar-refractivity contribution in [1.29, 1.82) is 5.26 Å². The maximum atomic E-state index is 12.6. The van der Waals surface area contributed by atoms with Gasteiger partial charge in [0.25, 0.3) is 0 Å². The van der Waals surface area contributed by atoms with E-state index in [0.717, 1.165) is 5.52 Å². The molecule has 0 fully saturated rings. The lowest BCUT2D eigenvalue weighted by Gasteiger charge is -2.13. The number of benzene rings is 1. The fourth-order valence-electron chi connectivity index (χ4n) is 2.83. The van der Waals surface area contributed by atoms with E-state index in [2.05, 4.69) is 6.07 Å². The highest BCUT2D eigenvalue weighted by molar-refractivity contribution is 5.93. The molecule has 0 saturated carbocycles. The second kappa shape index (κ2) is 7.70. The Kier molecular flexibility index (Phi) is 5.18. The minimum atomic E-state index is -0.591. The standard InChI is InChI=1S/C20H18N2O5/c1-24-17-9-19(26-3)18(25-2)8-14(17)20(23)27-12-13-11-22-7-5-4-6-16(22)15(13)10-21/h4-9,11H,12H2,1-3H3. The molecule has 7 heteroatoms. The molecule has 27 heavy (non-hydrogen) atoms. The highest BCUT2D eigenvalue weighted by Gasteiger charge is 2.20. The van der Waals surface area contributed by atoms with E-state index < -0.39 is 5.97 Å². The molecular formula is C20H18N2O5. The van der Waals surface area contributed by atoms with Gasteiger partial charge in [0.15, 0.2) is 11.5 Å².